The molecule has 1 aromatic rings. The first kappa shape index (κ1) is 24.8. The van der Waals surface area contributed by atoms with Gasteiger partial charge in [0.15, 0.2) is 5.96 Å². The van der Waals surface area contributed by atoms with Gasteiger partial charge in [-0.2, -0.15) is 0 Å². The van der Waals surface area contributed by atoms with Crippen LogP contribution in [0.1, 0.15) is 30.9 Å². The van der Waals surface area contributed by atoms with Crippen LogP contribution in [-0.4, -0.2) is 102 Å². The summed E-state index contributed by atoms with van der Waals surface area (Å²) in [5.74, 6) is 1.85. The highest BCUT2D eigenvalue weighted by Crippen LogP contribution is 2.24. The lowest BCUT2D eigenvalue weighted by Crippen LogP contribution is -2.50. The summed E-state index contributed by atoms with van der Waals surface area (Å²) in [6.07, 6.45) is 3.34. The average Bonchev–Trinajstić information content (AvgIpc) is 2.86. The summed E-state index contributed by atoms with van der Waals surface area (Å²) in [6.45, 7) is 7.66. The second-order valence-electron chi connectivity index (χ2n) is 8.27. The van der Waals surface area contributed by atoms with E-state index in [1.165, 1.54) is 5.56 Å². The van der Waals surface area contributed by atoms with Crippen molar-refractivity contribution >= 4 is 5.96 Å². The lowest BCUT2D eigenvalue weighted by Gasteiger charge is -2.37. The van der Waals surface area contributed by atoms with Crippen molar-refractivity contribution < 1.29 is 18.9 Å². The Hall–Kier alpha value is -1.87. The molecule has 0 bridgehead atoms. The highest BCUT2D eigenvalue weighted by Gasteiger charge is 2.25. The molecule has 0 radical (unpaired) electrons. The number of aliphatic imine (C=N–C) groups is 1. The van der Waals surface area contributed by atoms with Gasteiger partial charge in [-0.1, -0.05) is 12.1 Å². The van der Waals surface area contributed by atoms with Gasteiger partial charge in [-0.3, -0.25) is 9.89 Å². The number of methoxy groups -OCH3 is 2. The van der Waals surface area contributed by atoms with Gasteiger partial charge in [0.25, 0.3) is 0 Å². The Kier molecular flexibility index (Phi) is 10.5. The van der Waals surface area contributed by atoms with Gasteiger partial charge in [-0.05, 0) is 37.0 Å². The average molecular weight is 449 g/mol. The van der Waals surface area contributed by atoms with Gasteiger partial charge in [0.2, 0.25) is 0 Å². The molecule has 0 spiro atoms. The lowest BCUT2D eigenvalue weighted by atomic mass is 10.0. The van der Waals surface area contributed by atoms with Crippen molar-refractivity contribution in [2.45, 2.75) is 31.4 Å². The molecule has 8 heteroatoms. The van der Waals surface area contributed by atoms with Crippen molar-refractivity contribution in [3.8, 4) is 5.75 Å². The Morgan fingerprint density at radius 1 is 1.09 bits per heavy atom. The fourth-order valence-corrected chi connectivity index (χ4v) is 4.38. The van der Waals surface area contributed by atoms with Crippen molar-refractivity contribution in [1.29, 1.82) is 0 Å². The number of morpholine rings is 1. The molecule has 8 nitrogen and oxygen atoms in total. The Labute approximate surface area is 192 Å². The van der Waals surface area contributed by atoms with Crippen LogP contribution >= 0.6 is 0 Å². The van der Waals surface area contributed by atoms with Gasteiger partial charge < -0.3 is 29.2 Å². The first-order chi connectivity index (χ1) is 15.7. The van der Waals surface area contributed by atoms with Crippen LogP contribution in [0.4, 0.5) is 0 Å². The maximum absolute atomic E-state index is 6.01. The standard InChI is InChI=1S/C24H40N4O4/c1-25-24(28-11-9-22(10-12-28)32-16-4-15-29-2)26-19-23(27-13-17-31-18-14-27)20-5-7-21(30-3)8-6-20/h5-8,22-23H,4,9-19H2,1-3H3,(H,25,26). The quantitative estimate of drug-likeness (QED) is 0.334. The first-order valence-electron chi connectivity index (χ1n) is 11.8. The van der Waals surface area contributed by atoms with E-state index in [2.05, 4.69) is 32.2 Å². The van der Waals surface area contributed by atoms with Crippen molar-refractivity contribution in [3.63, 3.8) is 0 Å². The Balaban J connectivity index is 1.54. The minimum Gasteiger partial charge on any atom is -0.497 e. The molecule has 2 heterocycles. The predicted octanol–water partition coefficient (Wildman–Crippen LogP) is 2.16. The van der Waals surface area contributed by atoms with E-state index in [0.29, 0.717) is 6.10 Å². The van der Waals surface area contributed by atoms with Crippen LogP contribution in [0.25, 0.3) is 0 Å². The van der Waals surface area contributed by atoms with Gasteiger partial charge >= 0.3 is 0 Å². The third-order valence-electron chi connectivity index (χ3n) is 6.24. The Bertz CT molecular complexity index is 671. The predicted molar refractivity (Wildman–Crippen MR) is 127 cm³/mol. The number of benzene rings is 1. The number of hydrogen-bond acceptors (Lipinski definition) is 6. The molecule has 2 fully saturated rings. The fraction of sp³-hybridized carbons (Fsp3) is 0.708. The highest BCUT2D eigenvalue weighted by atomic mass is 16.5. The van der Waals surface area contributed by atoms with Crippen LogP contribution in [0.3, 0.4) is 0 Å². The summed E-state index contributed by atoms with van der Waals surface area (Å²) in [4.78, 5) is 9.41. The molecule has 2 saturated heterocycles. The number of nitrogens with one attached hydrogen (secondary N) is 1. The van der Waals surface area contributed by atoms with Crippen LogP contribution < -0.4 is 10.1 Å². The molecule has 1 N–H and O–H groups in total. The molecule has 0 aliphatic carbocycles. The van der Waals surface area contributed by atoms with E-state index in [1.54, 1.807) is 14.2 Å². The first-order valence-corrected chi connectivity index (χ1v) is 11.8. The van der Waals surface area contributed by atoms with Crippen molar-refractivity contribution in [3.05, 3.63) is 29.8 Å². The number of guanidine groups is 1. The SMILES string of the molecule is CN=C(NCC(c1ccc(OC)cc1)N1CCOCC1)N1CCC(OCCCOC)CC1. The zero-order chi connectivity index (χ0) is 22.6. The van der Waals surface area contributed by atoms with Crippen LogP contribution in [0.15, 0.2) is 29.3 Å². The van der Waals surface area contributed by atoms with E-state index < -0.39 is 0 Å². The Morgan fingerprint density at radius 2 is 1.81 bits per heavy atom. The van der Waals surface area contributed by atoms with Gasteiger partial charge in [0.1, 0.15) is 5.75 Å². The van der Waals surface area contributed by atoms with Crippen molar-refractivity contribution in [1.82, 2.24) is 15.1 Å². The number of rotatable bonds is 10. The lowest BCUT2D eigenvalue weighted by molar-refractivity contribution is 0.00928. The summed E-state index contributed by atoms with van der Waals surface area (Å²) in [5, 5.41) is 3.64. The third kappa shape index (κ3) is 7.33. The Morgan fingerprint density at radius 3 is 2.44 bits per heavy atom. The van der Waals surface area contributed by atoms with E-state index in [1.807, 2.05) is 19.2 Å². The van der Waals surface area contributed by atoms with E-state index in [-0.39, 0.29) is 6.04 Å². The molecular weight excluding hydrogens is 408 g/mol. The van der Waals surface area contributed by atoms with Crippen molar-refractivity contribution in [2.24, 2.45) is 4.99 Å². The minimum absolute atomic E-state index is 0.253. The summed E-state index contributed by atoms with van der Waals surface area (Å²) in [7, 11) is 5.30. The van der Waals surface area contributed by atoms with E-state index in [9.17, 15) is 0 Å². The molecule has 0 saturated carbocycles. The van der Waals surface area contributed by atoms with Gasteiger partial charge in [-0.25, -0.2) is 0 Å². The molecule has 1 aromatic carbocycles. The number of likely N-dealkylation sites (tertiary alicyclic amines) is 1. The summed E-state index contributed by atoms with van der Waals surface area (Å²) < 4.78 is 22.0. The van der Waals surface area contributed by atoms with Crippen LogP contribution in [-0.2, 0) is 14.2 Å². The molecule has 0 amide bonds. The zero-order valence-corrected chi connectivity index (χ0v) is 19.9. The zero-order valence-electron chi connectivity index (χ0n) is 19.9. The molecule has 0 aromatic heterocycles. The normalized spacial score (nSPS) is 19.7. The van der Waals surface area contributed by atoms with Gasteiger partial charge in [0.05, 0.1) is 32.5 Å². The maximum Gasteiger partial charge on any atom is 0.193 e. The maximum atomic E-state index is 6.01. The fourth-order valence-electron chi connectivity index (χ4n) is 4.38. The number of nitrogens with zero attached hydrogens (tertiary/aromatic N) is 3. The number of ether oxygens (including phenoxy) is 4. The second-order valence-corrected chi connectivity index (χ2v) is 8.27. The summed E-state index contributed by atoms with van der Waals surface area (Å²) in [6, 6.07) is 8.65. The number of piperidine rings is 1. The molecule has 180 valence electrons. The largest absolute Gasteiger partial charge is 0.497 e. The monoisotopic (exact) mass is 448 g/mol. The van der Waals surface area contributed by atoms with Crippen LogP contribution in [0, 0.1) is 0 Å². The second kappa shape index (κ2) is 13.6. The molecular formula is C24H40N4O4. The molecule has 2 aliphatic rings. The highest BCUT2D eigenvalue weighted by molar-refractivity contribution is 5.80. The van der Waals surface area contributed by atoms with E-state index >= 15 is 0 Å². The number of hydrogen-bond donors (Lipinski definition) is 1. The molecule has 1 unspecified atom stereocenters. The summed E-state index contributed by atoms with van der Waals surface area (Å²) >= 11 is 0. The third-order valence-corrected chi connectivity index (χ3v) is 6.24. The van der Waals surface area contributed by atoms with E-state index in [0.717, 1.165) is 90.1 Å². The molecule has 3 rings (SSSR count). The summed E-state index contributed by atoms with van der Waals surface area (Å²) in [5.41, 5.74) is 1.28. The molecule has 1 atom stereocenters. The minimum atomic E-state index is 0.253. The smallest absolute Gasteiger partial charge is 0.193 e. The van der Waals surface area contributed by atoms with Crippen LogP contribution in [0.2, 0.25) is 0 Å². The molecule has 2 aliphatic heterocycles. The topological polar surface area (TPSA) is 67.8 Å². The van der Waals surface area contributed by atoms with E-state index in [4.69, 9.17) is 18.9 Å². The van der Waals surface area contributed by atoms with Crippen molar-refractivity contribution in [2.75, 3.05) is 80.4 Å². The van der Waals surface area contributed by atoms with Gasteiger partial charge in [0, 0.05) is 60.1 Å². The molecule has 32 heavy (non-hydrogen) atoms. The van der Waals surface area contributed by atoms with Crippen LogP contribution in [0.5, 0.6) is 5.75 Å². The van der Waals surface area contributed by atoms with Gasteiger partial charge in [-0.15, -0.1) is 0 Å².